The third-order valence-electron chi connectivity index (χ3n) is 3.58. The first-order chi connectivity index (χ1) is 11.9. The van der Waals surface area contributed by atoms with Crippen molar-refractivity contribution in [1.29, 1.82) is 0 Å². The van der Waals surface area contributed by atoms with Crippen LogP contribution in [0.5, 0.6) is 0 Å². The van der Waals surface area contributed by atoms with E-state index >= 15 is 0 Å². The Labute approximate surface area is 151 Å². The largest absolute Gasteiger partial charge is 0.449 e. The van der Waals surface area contributed by atoms with Gasteiger partial charge in [-0.05, 0) is 49.2 Å². The standard InChI is InChI=1S/C19H20ClNO4/c1-12-7-8-16(20)10-17(12)21-18(22)13(2)25-19(23)15-6-4-5-14(9-15)11-24-3/h4-10,13H,11H2,1-3H3,(H,21,22)/t13-/m1/s1. The van der Waals surface area contributed by atoms with Crippen molar-refractivity contribution in [2.24, 2.45) is 0 Å². The SMILES string of the molecule is COCc1cccc(C(=O)O[C@H](C)C(=O)Nc2cc(Cl)ccc2C)c1. The lowest BCUT2D eigenvalue weighted by atomic mass is 10.1. The first-order valence-electron chi connectivity index (χ1n) is 7.76. The van der Waals surface area contributed by atoms with E-state index in [0.29, 0.717) is 22.9 Å². The highest BCUT2D eigenvalue weighted by molar-refractivity contribution is 6.31. The first kappa shape index (κ1) is 19.0. The van der Waals surface area contributed by atoms with E-state index in [0.717, 1.165) is 11.1 Å². The summed E-state index contributed by atoms with van der Waals surface area (Å²) in [6, 6.07) is 12.1. The van der Waals surface area contributed by atoms with Crippen molar-refractivity contribution in [2.75, 3.05) is 12.4 Å². The van der Waals surface area contributed by atoms with Crippen LogP contribution in [0.15, 0.2) is 42.5 Å². The van der Waals surface area contributed by atoms with Gasteiger partial charge in [-0.2, -0.15) is 0 Å². The molecule has 0 saturated heterocycles. The number of carbonyl (C=O) groups is 2. The van der Waals surface area contributed by atoms with Gasteiger partial charge in [-0.3, -0.25) is 4.79 Å². The van der Waals surface area contributed by atoms with Gasteiger partial charge in [0, 0.05) is 17.8 Å². The minimum absolute atomic E-state index is 0.369. The second-order valence-corrected chi connectivity index (χ2v) is 6.07. The number of aryl methyl sites for hydroxylation is 1. The normalized spacial score (nSPS) is 11.7. The molecular weight excluding hydrogens is 342 g/mol. The summed E-state index contributed by atoms with van der Waals surface area (Å²) in [4.78, 5) is 24.5. The lowest BCUT2D eigenvalue weighted by Crippen LogP contribution is -2.30. The fourth-order valence-corrected chi connectivity index (χ4v) is 2.37. The van der Waals surface area contributed by atoms with E-state index in [2.05, 4.69) is 5.32 Å². The van der Waals surface area contributed by atoms with E-state index in [1.54, 1.807) is 43.5 Å². The number of rotatable bonds is 6. The fraction of sp³-hybridized carbons (Fsp3) is 0.263. The van der Waals surface area contributed by atoms with Crippen molar-refractivity contribution in [2.45, 2.75) is 26.6 Å². The highest BCUT2D eigenvalue weighted by Crippen LogP contribution is 2.20. The molecule has 0 saturated carbocycles. The van der Waals surface area contributed by atoms with Crippen molar-refractivity contribution in [1.82, 2.24) is 0 Å². The lowest BCUT2D eigenvalue weighted by molar-refractivity contribution is -0.123. The molecule has 0 aliphatic rings. The Hall–Kier alpha value is -2.37. The number of hydrogen-bond acceptors (Lipinski definition) is 4. The summed E-state index contributed by atoms with van der Waals surface area (Å²) in [5, 5.41) is 3.23. The van der Waals surface area contributed by atoms with Crippen molar-refractivity contribution in [3.05, 3.63) is 64.2 Å². The van der Waals surface area contributed by atoms with Gasteiger partial charge in [0.2, 0.25) is 0 Å². The maximum Gasteiger partial charge on any atom is 0.338 e. The molecule has 0 radical (unpaired) electrons. The van der Waals surface area contributed by atoms with Gasteiger partial charge in [-0.25, -0.2) is 4.79 Å². The second-order valence-electron chi connectivity index (χ2n) is 5.63. The zero-order chi connectivity index (χ0) is 18.4. The van der Waals surface area contributed by atoms with Crippen molar-refractivity contribution in [3.8, 4) is 0 Å². The average Bonchev–Trinajstić information content (AvgIpc) is 2.58. The molecule has 0 spiro atoms. The molecule has 0 aromatic heterocycles. The Balaban J connectivity index is 2.01. The summed E-state index contributed by atoms with van der Waals surface area (Å²) < 4.78 is 10.3. The van der Waals surface area contributed by atoms with Crippen LogP contribution in [-0.2, 0) is 20.9 Å². The molecule has 1 amide bonds. The molecule has 0 bridgehead atoms. The number of nitrogens with one attached hydrogen (secondary N) is 1. The average molecular weight is 362 g/mol. The van der Waals surface area contributed by atoms with Gasteiger partial charge in [0.05, 0.1) is 12.2 Å². The summed E-state index contributed by atoms with van der Waals surface area (Å²) in [7, 11) is 1.58. The fourth-order valence-electron chi connectivity index (χ4n) is 2.20. The van der Waals surface area contributed by atoms with Crippen LogP contribution in [0.2, 0.25) is 5.02 Å². The van der Waals surface area contributed by atoms with Crippen LogP contribution < -0.4 is 5.32 Å². The van der Waals surface area contributed by atoms with Crippen LogP contribution in [-0.4, -0.2) is 25.1 Å². The van der Waals surface area contributed by atoms with Crippen LogP contribution in [0, 0.1) is 6.92 Å². The summed E-state index contributed by atoms with van der Waals surface area (Å²) in [5.74, 6) is -0.991. The summed E-state index contributed by atoms with van der Waals surface area (Å²) in [6.45, 7) is 3.77. The molecule has 2 aromatic carbocycles. The molecule has 2 aromatic rings. The van der Waals surface area contributed by atoms with Gasteiger partial charge in [-0.15, -0.1) is 0 Å². The number of halogens is 1. The number of methoxy groups -OCH3 is 1. The van der Waals surface area contributed by atoms with E-state index in [4.69, 9.17) is 21.1 Å². The topological polar surface area (TPSA) is 64.6 Å². The van der Waals surface area contributed by atoms with Crippen LogP contribution >= 0.6 is 11.6 Å². The maximum absolute atomic E-state index is 12.3. The Bertz CT molecular complexity index is 776. The van der Waals surface area contributed by atoms with Crippen molar-refractivity contribution < 1.29 is 19.1 Å². The Morgan fingerprint density at radius 3 is 2.68 bits per heavy atom. The quantitative estimate of drug-likeness (QED) is 0.790. The monoisotopic (exact) mass is 361 g/mol. The van der Waals surface area contributed by atoms with E-state index in [-0.39, 0.29) is 0 Å². The summed E-state index contributed by atoms with van der Waals surface area (Å²) in [6.07, 6.45) is -0.947. The van der Waals surface area contributed by atoms with Gasteiger partial charge in [0.15, 0.2) is 6.10 Å². The van der Waals surface area contributed by atoms with E-state index in [9.17, 15) is 9.59 Å². The molecule has 0 aliphatic heterocycles. The minimum atomic E-state index is -0.947. The van der Waals surface area contributed by atoms with Gasteiger partial charge in [-0.1, -0.05) is 29.8 Å². The number of esters is 1. The van der Waals surface area contributed by atoms with Crippen molar-refractivity contribution in [3.63, 3.8) is 0 Å². The number of anilines is 1. The minimum Gasteiger partial charge on any atom is -0.449 e. The highest BCUT2D eigenvalue weighted by atomic mass is 35.5. The van der Waals surface area contributed by atoms with Crippen LogP contribution in [0.4, 0.5) is 5.69 Å². The van der Waals surface area contributed by atoms with Gasteiger partial charge < -0.3 is 14.8 Å². The number of benzene rings is 2. The number of carbonyl (C=O) groups excluding carboxylic acids is 2. The molecule has 0 fully saturated rings. The maximum atomic E-state index is 12.3. The number of ether oxygens (including phenoxy) is 2. The smallest absolute Gasteiger partial charge is 0.338 e. The molecule has 1 N–H and O–H groups in total. The molecule has 132 valence electrons. The number of amides is 1. The van der Waals surface area contributed by atoms with Gasteiger partial charge in [0.25, 0.3) is 5.91 Å². The zero-order valence-corrected chi connectivity index (χ0v) is 15.1. The number of hydrogen-bond donors (Lipinski definition) is 1. The van der Waals surface area contributed by atoms with Crippen LogP contribution in [0.25, 0.3) is 0 Å². The van der Waals surface area contributed by atoms with Crippen LogP contribution in [0.3, 0.4) is 0 Å². The summed E-state index contributed by atoms with van der Waals surface area (Å²) >= 11 is 5.94. The Kier molecular flexibility index (Phi) is 6.56. The molecule has 2 rings (SSSR count). The van der Waals surface area contributed by atoms with E-state index in [1.165, 1.54) is 6.92 Å². The molecule has 0 heterocycles. The van der Waals surface area contributed by atoms with Crippen LogP contribution in [0.1, 0.15) is 28.4 Å². The molecule has 1 atom stereocenters. The summed E-state index contributed by atoms with van der Waals surface area (Å²) in [5.41, 5.74) is 2.67. The van der Waals surface area contributed by atoms with E-state index < -0.39 is 18.0 Å². The third kappa shape index (κ3) is 5.31. The lowest BCUT2D eigenvalue weighted by Gasteiger charge is -2.15. The third-order valence-corrected chi connectivity index (χ3v) is 3.82. The predicted molar refractivity (Wildman–Crippen MR) is 96.9 cm³/mol. The predicted octanol–water partition coefficient (Wildman–Crippen LogP) is 3.98. The van der Waals surface area contributed by atoms with Crippen molar-refractivity contribution >= 4 is 29.2 Å². The molecule has 6 heteroatoms. The zero-order valence-electron chi connectivity index (χ0n) is 14.3. The molecule has 0 unspecified atom stereocenters. The van der Waals surface area contributed by atoms with Gasteiger partial charge >= 0.3 is 5.97 Å². The molecule has 25 heavy (non-hydrogen) atoms. The second kappa shape index (κ2) is 8.65. The molecule has 0 aliphatic carbocycles. The first-order valence-corrected chi connectivity index (χ1v) is 8.14. The van der Waals surface area contributed by atoms with Gasteiger partial charge in [0.1, 0.15) is 0 Å². The molecule has 5 nitrogen and oxygen atoms in total. The molecular formula is C19H20ClNO4. The Morgan fingerprint density at radius 1 is 1.20 bits per heavy atom. The Morgan fingerprint density at radius 2 is 1.96 bits per heavy atom. The van der Waals surface area contributed by atoms with E-state index in [1.807, 2.05) is 13.0 Å². The highest BCUT2D eigenvalue weighted by Gasteiger charge is 2.20.